The van der Waals surface area contributed by atoms with Gasteiger partial charge in [-0.15, -0.1) is 0 Å². The van der Waals surface area contributed by atoms with Gasteiger partial charge in [0, 0.05) is 0 Å². The van der Waals surface area contributed by atoms with Gasteiger partial charge in [-0.25, -0.2) is 8.42 Å². The van der Waals surface area contributed by atoms with Crippen molar-refractivity contribution in [2.75, 3.05) is 12.4 Å². The standard InChI is InChI=1S/C15H22O5S2/c1-11-5-7-13(8-6-11)22(18,19)20-9-12(2)14-10-21(16,17)15(14,3)4/h5-8,12,14H,9-10H2,1-4H3/t12-,14+/m1/s1. The fraction of sp³-hybridized carbons (Fsp3) is 0.600. The second-order valence-electron chi connectivity index (χ2n) is 6.52. The number of sulfone groups is 1. The van der Waals surface area contributed by atoms with Crippen LogP contribution in [-0.2, 0) is 24.1 Å². The predicted molar refractivity (Wildman–Crippen MR) is 84.8 cm³/mol. The molecule has 0 radical (unpaired) electrons. The number of benzene rings is 1. The normalized spacial score (nSPS) is 24.5. The Morgan fingerprint density at radius 2 is 1.82 bits per heavy atom. The summed E-state index contributed by atoms with van der Waals surface area (Å²) >= 11 is 0. The summed E-state index contributed by atoms with van der Waals surface area (Å²) < 4.78 is 52.0. The van der Waals surface area contributed by atoms with Gasteiger partial charge in [0.25, 0.3) is 10.1 Å². The van der Waals surface area contributed by atoms with E-state index < -0.39 is 24.7 Å². The number of aryl methyl sites for hydroxylation is 1. The Labute approximate surface area is 132 Å². The average molecular weight is 346 g/mol. The summed E-state index contributed by atoms with van der Waals surface area (Å²) in [6.07, 6.45) is 0. The lowest BCUT2D eigenvalue weighted by molar-refractivity contribution is 0.184. The Kier molecular flexibility index (Phi) is 4.45. The minimum Gasteiger partial charge on any atom is -0.266 e. The topological polar surface area (TPSA) is 77.5 Å². The fourth-order valence-electron chi connectivity index (χ4n) is 2.72. The Morgan fingerprint density at radius 1 is 1.27 bits per heavy atom. The van der Waals surface area contributed by atoms with Gasteiger partial charge in [0.05, 0.1) is 22.0 Å². The van der Waals surface area contributed by atoms with Crippen LogP contribution in [-0.4, -0.2) is 33.9 Å². The Bertz CT molecular complexity index is 746. The molecule has 1 aliphatic rings. The van der Waals surface area contributed by atoms with E-state index in [1.54, 1.807) is 26.0 Å². The largest absolute Gasteiger partial charge is 0.296 e. The van der Waals surface area contributed by atoms with Crippen molar-refractivity contribution in [1.82, 2.24) is 0 Å². The van der Waals surface area contributed by atoms with Crippen LogP contribution < -0.4 is 0 Å². The summed E-state index contributed by atoms with van der Waals surface area (Å²) in [6, 6.07) is 6.43. The van der Waals surface area contributed by atoms with E-state index in [1.807, 2.05) is 13.8 Å². The molecule has 0 N–H and O–H groups in total. The summed E-state index contributed by atoms with van der Waals surface area (Å²) in [5.41, 5.74) is 0.966. The zero-order valence-electron chi connectivity index (χ0n) is 13.2. The van der Waals surface area contributed by atoms with Crippen molar-refractivity contribution in [2.45, 2.75) is 37.3 Å². The molecule has 1 heterocycles. The van der Waals surface area contributed by atoms with Gasteiger partial charge >= 0.3 is 0 Å². The molecule has 1 aromatic carbocycles. The number of hydrogen-bond acceptors (Lipinski definition) is 5. The molecule has 1 fully saturated rings. The highest BCUT2D eigenvalue weighted by Gasteiger charge is 2.55. The second-order valence-corrected chi connectivity index (χ2v) is 10.8. The van der Waals surface area contributed by atoms with E-state index in [2.05, 4.69) is 0 Å². The van der Waals surface area contributed by atoms with E-state index in [9.17, 15) is 16.8 Å². The van der Waals surface area contributed by atoms with Crippen LogP contribution in [0.1, 0.15) is 26.3 Å². The molecule has 1 aromatic rings. The zero-order valence-corrected chi connectivity index (χ0v) is 14.9. The van der Waals surface area contributed by atoms with Crippen molar-refractivity contribution in [3.8, 4) is 0 Å². The molecule has 0 bridgehead atoms. The van der Waals surface area contributed by atoms with Crippen LogP contribution in [0.5, 0.6) is 0 Å². The lowest BCUT2D eigenvalue weighted by atomic mass is 9.84. The van der Waals surface area contributed by atoms with Crippen molar-refractivity contribution < 1.29 is 21.0 Å². The smallest absolute Gasteiger partial charge is 0.266 e. The maximum absolute atomic E-state index is 12.1. The van der Waals surface area contributed by atoms with E-state index in [0.29, 0.717) is 0 Å². The molecule has 1 aliphatic heterocycles. The van der Waals surface area contributed by atoms with Crippen molar-refractivity contribution in [2.24, 2.45) is 11.8 Å². The third kappa shape index (κ3) is 3.07. The molecule has 0 amide bonds. The van der Waals surface area contributed by atoms with Crippen molar-refractivity contribution in [1.29, 1.82) is 0 Å². The van der Waals surface area contributed by atoms with Gasteiger partial charge in [0.2, 0.25) is 0 Å². The summed E-state index contributed by atoms with van der Waals surface area (Å²) in [7, 11) is -6.87. The summed E-state index contributed by atoms with van der Waals surface area (Å²) in [5.74, 6) is -0.153. The maximum atomic E-state index is 12.1. The van der Waals surface area contributed by atoms with Gasteiger partial charge in [0.1, 0.15) is 0 Å². The lowest BCUT2D eigenvalue weighted by Gasteiger charge is -2.46. The van der Waals surface area contributed by atoms with Gasteiger partial charge in [-0.05, 0) is 44.7 Å². The number of hydrogen-bond donors (Lipinski definition) is 0. The van der Waals surface area contributed by atoms with Gasteiger partial charge < -0.3 is 0 Å². The van der Waals surface area contributed by atoms with Crippen LogP contribution in [0.3, 0.4) is 0 Å². The zero-order chi connectivity index (χ0) is 16.8. The van der Waals surface area contributed by atoms with Crippen LogP contribution in [0.2, 0.25) is 0 Å². The lowest BCUT2D eigenvalue weighted by Crippen LogP contribution is -2.58. The summed E-state index contributed by atoms with van der Waals surface area (Å²) in [6.45, 7) is 7.05. The predicted octanol–water partition coefficient (Wildman–Crippen LogP) is 2.16. The summed E-state index contributed by atoms with van der Waals surface area (Å²) in [5, 5.41) is 0. The molecule has 1 saturated heterocycles. The van der Waals surface area contributed by atoms with E-state index in [0.717, 1.165) is 5.56 Å². The minimum absolute atomic E-state index is 0.0141. The molecule has 124 valence electrons. The molecular weight excluding hydrogens is 324 g/mol. The third-order valence-electron chi connectivity index (χ3n) is 4.58. The fourth-order valence-corrected chi connectivity index (χ4v) is 5.84. The molecule has 2 atom stereocenters. The molecule has 2 rings (SSSR count). The highest BCUT2D eigenvalue weighted by molar-refractivity contribution is 7.94. The second kappa shape index (κ2) is 5.62. The van der Waals surface area contributed by atoms with Gasteiger partial charge in [-0.1, -0.05) is 24.6 Å². The van der Waals surface area contributed by atoms with Crippen LogP contribution in [0.15, 0.2) is 29.2 Å². The number of rotatable bonds is 5. The Morgan fingerprint density at radius 3 is 2.27 bits per heavy atom. The molecule has 22 heavy (non-hydrogen) atoms. The monoisotopic (exact) mass is 346 g/mol. The first-order valence-corrected chi connectivity index (χ1v) is 10.2. The molecule has 7 heteroatoms. The molecule has 0 spiro atoms. The highest BCUT2D eigenvalue weighted by Crippen LogP contribution is 2.43. The minimum atomic E-state index is -3.81. The first-order valence-electron chi connectivity index (χ1n) is 7.16. The quantitative estimate of drug-likeness (QED) is 0.764. The van der Waals surface area contributed by atoms with Gasteiger partial charge in [-0.3, -0.25) is 4.18 Å². The van der Waals surface area contributed by atoms with Crippen LogP contribution >= 0.6 is 0 Å². The van der Waals surface area contributed by atoms with E-state index in [4.69, 9.17) is 4.18 Å². The van der Waals surface area contributed by atoms with Gasteiger partial charge in [0.15, 0.2) is 9.84 Å². The van der Waals surface area contributed by atoms with E-state index in [-0.39, 0.29) is 29.1 Å². The van der Waals surface area contributed by atoms with Crippen LogP contribution in [0.4, 0.5) is 0 Å². The first kappa shape index (κ1) is 17.4. The van der Waals surface area contributed by atoms with Crippen molar-refractivity contribution in [3.63, 3.8) is 0 Å². The van der Waals surface area contributed by atoms with E-state index in [1.165, 1.54) is 12.1 Å². The van der Waals surface area contributed by atoms with Crippen LogP contribution in [0.25, 0.3) is 0 Å². The SMILES string of the molecule is Cc1ccc(S(=O)(=O)OC[C@@H](C)[C@@H]2CS(=O)(=O)C2(C)C)cc1. The average Bonchev–Trinajstić information content (AvgIpc) is 2.43. The summed E-state index contributed by atoms with van der Waals surface area (Å²) in [4.78, 5) is 0.116. The maximum Gasteiger partial charge on any atom is 0.296 e. The Hall–Kier alpha value is -0.920. The molecule has 0 unspecified atom stereocenters. The molecule has 0 saturated carbocycles. The molecule has 0 aromatic heterocycles. The highest BCUT2D eigenvalue weighted by atomic mass is 32.2. The van der Waals surface area contributed by atoms with E-state index >= 15 is 0 Å². The van der Waals surface area contributed by atoms with Gasteiger partial charge in [-0.2, -0.15) is 8.42 Å². The molecule has 5 nitrogen and oxygen atoms in total. The molecule has 0 aliphatic carbocycles. The Balaban J connectivity index is 2.02. The van der Waals surface area contributed by atoms with Crippen molar-refractivity contribution >= 4 is 20.0 Å². The third-order valence-corrected chi connectivity index (χ3v) is 8.58. The molecular formula is C15H22O5S2. The van der Waals surface area contributed by atoms with Crippen molar-refractivity contribution in [3.05, 3.63) is 29.8 Å². The van der Waals surface area contributed by atoms with Crippen LogP contribution in [0, 0.1) is 18.8 Å². The first-order chi connectivity index (χ1) is 9.97.